The SMILES string of the molecule is CCNC(=O)C(CC)N(Cc1cccc(OC)c1)C(=O)CN(c1ccc(C)cc1)S(=O)(=O)c1ccc(SC)cc1. The van der Waals surface area contributed by atoms with Crippen molar-refractivity contribution in [1.82, 2.24) is 10.2 Å². The third-order valence-electron chi connectivity index (χ3n) is 6.47. The zero-order valence-corrected chi connectivity index (χ0v) is 25.2. The largest absolute Gasteiger partial charge is 0.497 e. The van der Waals surface area contributed by atoms with Crippen LogP contribution in [0.1, 0.15) is 31.4 Å². The van der Waals surface area contributed by atoms with E-state index in [1.54, 1.807) is 67.8 Å². The first-order valence-electron chi connectivity index (χ1n) is 13.1. The van der Waals surface area contributed by atoms with Gasteiger partial charge in [0.05, 0.1) is 17.7 Å². The molecular weight excluding hydrogens is 546 g/mol. The van der Waals surface area contributed by atoms with Crippen LogP contribution in [0, 0.1) is 6.92 Å². The number of nitrogens with zero attached hydrogens (tertiary/aromatic N) is 2. The molecule has 0 fully saturated rings. The highest BCUT2D eigenvalue weighted by Crippen LogP contribution is 2.27. The van der Waals surface area contributed by atoms with Gasteiger partial charge in [-0.1, -0.05) is 36.8 Å². The summed E-state index contributed by atoms with van der Waals surface area (Å²) >= 11 is 1.51. The maximum Gasteiger partial charge on any atom is 0.264 e. The Bertz CT molecular complexity index is 1390. The van der Waals surface area contributed by atoms with Crippen LogP contribution < -0.4 is 14.4 Å². The summed E-state index contributed by atoms with van der Waals surface area (Å²) in [6.45, 7) is 5.58. The lowest BCUT2D eigenvalue weighted by Gasteiger charge is -2.33. The highest BCUT2D eigenvalue weighted by Gasteiger charge is 2.33. The lowest BCUT2D eigenvalue weighted by Crippen LogP contribution is -2.52. The van der Waals surface area contributed by atoms with E-state index in [-0.39, 0.29) is 17.3 Å². The summed E-state index contributed by atoms with van der Waals surface area (Å²) in [4.78, 5) is 29.5. The monoisotopic (exact) mass is 583 g/mol. The lowest BCUT2D eigenvalue weighted by molar-refractivity contribution is -0.140. The van der Waals surface area contributed by atoms with E-state index < -0.39 is 28.5 Å². The number of hydrogen-bond acceptors (Lipinski definition) is 6. The van der Waals surface area contributed by atoms with Gasteiger partial charge in [0, 0.05) is 18.0 Å². The summed E-state index contributed by atoms with van der Waals surface area (Å²) in [5.41, 5.74) is 2.08. The number of nitrogens with one attached hydrogen (secondary N) is 1. The number of anilines is 1. The number of benzene rings is 3. The molecule has 0 heterocycles. The first kappa shape index (κ1) is 31.0. The smallest absolute Gasteiger partial charge is 0.264 e. The number of methoxy groups -OCH3 is 1. The van der Waals surface area contributed by atoms with E-state index in [4.69, 9.17) is 4.74 Å². The second kappa shape index (κ2) is 14.2. The third-order valence-corrected chi connectivity index (χ3v) is 9.00. The third kappa shape index (κ3) is 7.57. The van der Waals surface area contributed by atoms with Crippen molar-refractivity contribution in [3.05, 3.63) is 83.9 Å². The molecule has 40 heavy (non-hydrogen) atoms. The molecule has 1 atom stereocenters. The van der Waals surface area contributed by atoms with Crippen LogP contribution in [0.2, 0.25) is 0 Å². The molecule has 1 unspecified atom stereocenters. The van der Waals surface area contributed by atoms with Gasteiger partial charge in [-0.05, 0) is 80.6 Å². The zero-order valence-electron chi connectivity index (χ0n) is 23.6. The molecular formula is C30H37N3O5S2. The molecule has 0 aliphatic heterocycles. The fourth-order valence-electron chi connectivity index (χ4n) is 4.29. The van der Waals surface area contributed by atoms with E-state index in [2.05, 4.69) is 5.32 Å². The molecule has 0 saturated carbocycles. The Morgan fingerprint density at radius 2 is 1.68 bits per heavy atom. The van der Waals surface area contributed by atoms with Crippen molar-refractivity contribution in [2.45, 2.75) is 49.6 Å². The van der Waals surface area contributed by atoms with E-state index in [0.717, 1.165) is 20.3 Å². The molecule has 0 spiro atoms. The zero-order chi connectivity index (χ0) is 29.3. The Balaban J connectivity index is 2.06. The Hall–Kier alpha value is -3.50. The second-order valence-corrected chi connectivity index (χ2v) is 12.0. The predicted octanol–water partition coefficient (Wildman–Crippen LogP) is 4.86. The molecule has 0 bridgehead atoms. The minimum absolute atomic E-state index is 0.0776. The summed E-state index contributed by atoms with van der Waals surface area (Å²) in [7, 11) is -2.55. The van der Waals surface area contributed by atoms with Crippen LogP contribution in [0.25, 0.3) is 0 Å². The molecule has 1 N–H and O–H groups in total. The van der Waals surface area contributed by atoms with E-state index in [0.29, 0.717) is 24.4 Å². The van der Waals surface area contributed by atoms with Gasteiger partial charge in [-0.2, -0.15) is 0 Å². The van der Waals surface area contributed by atoms with Crippen molar-refractivity contribution in [3.8, 4) is 5.75 Å². The molecule has 0 aliphatic rings. The standard InChI is InChI=1S/C30H37N3O5S2/c1-6-28(30(35)31-7-2)32(20-23-9-8-10-25(19-23)38-4)29(34)21-33(24-13-11-22(3)12-14-24)40(36,37)27-17-15-26(39-5)16-18-27/h8-19,28H,6-7,20-21H2,1-5H3,(H,31,35). The van der Waals surface area contributed by atoms with Crippen LogP contribution in [0.3, 0.4) is 0 Å². The van der Waals surface area contributed by atoms with E-state index in [9.17, 15) is 18.0 Å². The minimum Gasteiger partial charge on any atom is -0.497 e. The normalized spacial score (nSPS) is 11.9. The number of ether oxygens (including phenoxy) is 1. The van der Waals surface area contributed by atoms with Crippen LogP contribution in [0.4, 0.5) is 5.69 Å². The maximum atomic E-state index is 14.0. The molecule has 214 valence electrons. The molecule has 10 heteroatoms. The Kier molecular flexibility index (Phi) is 11.0. The average Bonchev–Trinajstić information content (AvgIpc) is 2.96. The number of aryl methyl sites for hydroxylation is 1. The molecule has 0 aromatic heterocycles. The summed E-state index contributed by atoms with van der Waals surface area (Å²) in [5.74, 6) is -0.169. The Morgan fingerprint density at radius 1 is 1.00 bits per heavy atom. The van der Waals surface area contributed by atoms with Crippen LogP contribution in [-0.2, 0) is 26.2 Å². The van der Waals surface area contributed by atoms with Crippen LogP contribution in [-0.4, -0.2) is 57.6 Å². The number of amides is 2. The van der Waals surface area contributed by atoms with Gasteiger partial charge in [0.25, 0.3) is 10.0 Å². The summed E-state index contributed by atoms with van der Waals surface area (Å²) in [6.07, 6.45) is 2.27. The number of likely N-dealkylation sites (N-methyl/N-ethyl adjacent to an activating group) is 1. The van der Waals surface area contributed by atoms with Crippen molar-refractivity contribution in [2.75, 3.05) is 30.8 Å². The van der Waals surface area contributed by atoms with Crippen molar-refractivity contribution < 1.29 is 22.7 Å². The van der Waals surface area contributed by atoms with Crippen molar-refractivity contribution in [3.63, 3.8) is 0 Å². The highest BCUT2D eigenvalue weighted by molar-refractivity contribution is 7.98. The van der Waals surface area contributed by atoms with E-state index in [1.165, 1.54) is 16.7 Å². The molecule has 0 radical (unpaired) electrons. The van der Waals surface area contributed by atoms with Gasteiger partial charge in [-0.25, -0.2) is 8.42 Å². The fraction of sp³-hybridized carbons (Fsp3) is 0.333. The number of sulfonamides is 1. The minimum atomic E-state index is -4.11. The van der Waals surface area contributed by atoms with Gasteiger partial charge in [-0.3, -0.25) is 13.9 Å². The molecule has 0 saturated heterocycles. The van der Waals surface area contributed by atoms with Crippen LogP contribution >= 0.6 is 11.8 Å². The second-order valence-electron chi connectivity index (χ2n) is 9.21. The van der Waals surface area contributed by atoms with E-state index >= 15 is 0 Å². The summed E-state index contributed by atoms with van der Waals surface area (Å²) in [5, 5.41) is 2.81. The maximum absolute atomic E-state index is 14.0. The highest BCUT2D eigenvalue weighted by atomic mass is 32.2. The van der Waals surface area contributed by atoms with Gasteiger partial charge in [-0.15, -0.1) is 11.8 Å². The average molecular weight is 584 g/mol. The summed E-state index contributed by atoms with van der Waals surface area (Å²) < 4.78 is 34.3. The van der Waals surface area contributed by atoms with Crippen molar-refractivity contribution >= 4 is 39.3 Å². The number of thioether (sulfide) groups is 1. The quantitative estimate of drug-likeness (QED) is 0.289. The number of hydrogen-bond donors (Lipinski definition) is 1. The first-order valence-corrected chi connectivity index (χ1v) is 15.7. The number of carbonyl (C=O) groups excluding carboxylic acids is 2. The number of carbonyl (C=O) groups is 2. The van der Waals surface area contributed by atoms with Gasteiger partial charge in [0.1, 0.15) is 18.3 Å². The predicted molar refractivity (Wildman–Crippen MR) is 160 cm³/mol. The molecule has 2 amide bonds. The van der Waals surface area contributed by atoms with Gasteiger partial charge < -0.3 is 15.0 Å². The van der Waals surface area contributed by atoms with Gasteiger partial charge >= 0.3 is 0 Å². The topological polar surface area (TPSA) is 96.0 Å². The molecule has 3 rings (SSSR count). The fourth-order valence-corrected chi connectivity index (χ4v) is 6.12. The lowest BCUT2D eigenvalue weighted by atomic mass is 10.1. The van der Waals surface area contributed by atoms with Crippen molar-refractivity contribution in [2.24, 2.45) is 0 Å². The Labute approximate surface area is 241 Å². The Morgan fingerprint density at radius 3 is 2.25 bits per heavy atom. The van der Waals surface area contributed by atoms with E-state index in [1.807, 2.05) is 39.2 Å². The molecule has 3 aromatic carbocycles. The molecule has 0 aliphatic carbocycles. The molecule has 3 aromatic rings. The van der Waals surface area contributed by atoms with Crippen LogP contribution in [0.15, 0.2) is 82.6 Å². The molecule has 8 nitrogen and oxygen atoms in total. The van der Waals surface area contributed by atoms with Gasteiger partial charge in [0.15, 0.2) is 0 Å². The van der Waals surface area contributed by atoms with Crippen LogP contribution in [0.5, 0.6) is 5.75 Å². The summed E-state index contributed by atoms with van der Waals surface area (Å²) in [6, 6.07) is 20.0. The number of rotatable bonds is 13. The van der Waals surface area contributed by atoms with Gasteiger partial charge in [0.2, 0.25) is 11.8 Å². The van der Waals surface area contributed by atoms with Crippen molar-refractivity contribution in [1.29, 1.82) is 0 Å². The first-order chi connectivity index (χ1) is 19.1.